The molecule has 0 radical (unpaired) electrons. The molecule has 0 unspecified atom stereocenters. The highest BCUT2D eigenvalue weighted by molar-refractivity contribution is 5.84. The predicted octanol–water partition coefficient (Wildman–Crippen LogP) is 3.77. The van der Waals surface area contributed by atoms with Crippen molar-refractivity contribution in [1.82, 2.24) is 20.4 Å². The van der Waals surface area contributed by atoms with Gasteiger partial charge in [0.2, 0.25) is 11.8 Å². The molecule has 2 amide bonds. The highest BCUT2D eigenvalue weighted by Gasteiger charge is 2.13. The minimum absolute atomic E-state index is 0.0181. The lowest BCUT2D eigenvalue weighted by molar-refractivity contribution is -0.126. The first-order chi connectivity index (χ1) is 15.0. The molecule has 3 aromatic rings. The van der Waals surface area contributed by atoms with Crippen LogP contribution in [0.25, 0.3) is 11.3 Å². The van der Waals surface area contributed by atoms with Gasteiger partial charge in [0.05, 0.1) is 18.8 Å². The first-order valence-electron chi connectivity index (χ1n) is 10.7. The number of hydrogen-bond donors (Lipinski definition) is 2. The van der Waals surface area contributed by atoms with Gasteiger partial charge in [-0.05, 0) is 17.9 Å². The van der Waals surface area contributed by atoms with E-state index in [9.17, 15) is 9.59 Å². The highest BCUT2D eigenvalue weighted by atomic mass is 16.2. The van der Waals surface area contributed by atoms with Crippen LogP contribution >= 0.6 is 0 Å². The Morgan fingerprint density at radius 1 is 0.935 bits per heavy atom. The standard InChI is InChI=1S/C25H30N4O2/c1-19(2)13-14-23(30)27-16-24(31)26-15-22-18-29(17-20-9-5-3-6-10-20)28-25(22)21-11-7-4-8-12-21/h3-12,18-19H,13-17H2,1-2H3,(H,26,31)(H,27,30). The Bertz CT molecular complexity index is 981. The lowest BCUT2D eigenvalue weighted by atomic mass is 10.1. The highest BCUT2D eigenvalue weighted by Crippen LogP contribution is 2.22. The summed E-state index contributed by atoms with van der Waals surface area (Å²) < 4.78 is 1.90. The Hall–Kier alpha value is -3.41. The molecule has 0 fully saturated rings. The quantitative estimate of drug-likeness (QED) is 0.526. The average Bonchev–Trinajstić information content (AvgIpc) is 3.18. The summed E-state index contributed by atoms with van der Waals surface area (Å²) in [6, 6.07) is 20.1. The molecular weight excluding hydrogens is 388 g/mol. The zero-order valence-corrected chi connectivity index (χ0v) is 18.2. The Morgan fingerprint density at radius 3 is 2.29 bits per heavy atom. The molecule has 6 nitrogen and oxygen atoms in total. The van der Waals surface area contributed by atoms with Crippen molar-refractivity contribution in [3.8, 4) is 11.3 Å². The molecular formula is C25H30N4O2. The topological polar surface area (TPSA) is 76.0 Å². The molecule has 1 heterocycles. The summed E-state index contributed by atoms with van der Waals surface area (Å²) in [7, 11) is 0. The van der Waals surface area contributed by atoms with Crippen LogP contribution < -0.4 is 10.6 Å². The van der Waals surface area contributed by atoms with Gasteiger partial charge in [-0.25, -0.2) is 0 Å². The smallest absolute Gasteiger partial charge is 0.239 e. The molecule has 1 aromatic heterocycles. The first-order valence-corrected chi connectivity index (χ1v) is 10.7. The average molecular weight is 419 g/mol. The van der Waals surface area contributed by atoms with Crippen molar-refractivity contribution in [1.29, 1.82) is 0 Å². The zero-order valence-electron chi connectivity index (χ0n) is 18.2. The van der Waals surface area contributed by atoms with Gasteiger partial charge in [0, 0.05) is 30.3 Å². The summed E-state index contributed by atoms with van der Waals surface area (Å²) in [5.41, 5.74) is 3.93. The summed E-state index contributed by atoms with van der Waals surface area (Å²) >= 11 is 0. The molecule has 0 atom stereocenters. The van der Waals surface area contributed by atoms with Crippen molar-refractivity contribution >= 4 is 11.8 Å². The third-order valence-electron chi connectivity index (χ3n) is 4.94. The van der Waals surface area contributed by atoms with Gasteiger partial charge < -0.3 is 10.6 Å². The van der Waals surface area contributed by atoms with Crippen molar-refractivity contribution < 1.29 is 9.59 Å². The molecule has 0 aliphatic heterocycles. The van der Waals surface area contributed by atoms with Crippen LogP contribution in [0.2, 0.25) is 0 Å². The summed E-state index contributed by atoms with van der Waals surface area (Å²) in [6.07, 6.45) is 3.22. The van der Waals surface area contributed by atoms with E-state index < -0.39 is 0 Å². The van der Waals surface area contributed by atoms with Crippen LogP contribution in [0.5, 0.6) is 0 Å². The fraction of sp³-hybridized carbons (Fsp3) is 0.320. The van der Waals surface area contributed by atoms with Crippen molar-refractivity contribution in [2.75, 3.05) is 6.54 Å². The van der Waals surface area contributed by atoms with Crippen molar-refractivity contribution in [2.24, 2.45) is 5.92 Å². The van der Waals surface area contributed by atoms with E-state index in [0.29, 0.717) is 25.4 Å². The normalized spacial score (nSPS) is 10.8. The molecule has 0 bridgehead atoms. The van der Waals surface area contributed by atoms with E-state index >= 15 is 0 Å². The number of aromatic nitrogens is 2. The first kappa shape index (κ1) is 22.3. The Morgan fingerprint density at radius 2 is 1.61 bits per heavy atom. The molecule has 0 aliphatic rings. The van der Waals surface area contributed by atoms with Crippen LogP contribution in [0.1, 0.15) is 37.8 Å². The minimum atomic E-state index is -0.215. The molecule has 3 rings (SSSR count). The lowest BCUT2D eigenvalue weighted by Gasteiger charge is -2.08. The van der Waals surface area contributed by atoms with Gasteiger partial charge in [0.1, 0.15) is 0 Å². The number of carbonyl (C=O) groups is 2. The number of nitrogens with zero attached hydrogens (tertiary/aromatic N) is 2. The van der Waals surface area contributed by atoms with E-state index in [1.807, 2.05) is 59.4 Å². The van der Waals surface area contributed by atoms with Crippen LogP contribution in [0.3, 0.4) is 0 Å². The van der Waals surface area contributed by atoms with E-state index in [0.717, 1.165) is 28.8 Å². The van der Waals surface area contributed by atoms with E-state index in [1.54, 1.807) is 0 Å². The Labute approximate surface area is 183 Å². The fourth-order valence-corrected chi connectivity index (χ4v) is 3.23. The van der Waals surface area contributed by atoms with Gasteiger partial charge in [-0.2, -0.15) is 5.10 Å². The summed E-state index contributed by atoms with van der Waals surface area (Å²) in [5, 5.41) is 10.4. The molecule has 2 aromatic carbocycles. The molecule has 0 spiro atoms. The Balaban J connectivity index is 1.63. The second-order valence-electron chi connectivity index (χ2n) is 8.04. The maximum absolute atomic E-state index is 12.3. The molecule has 6 heteroatoms. The third-order valence-corrected chi connectivity index (χ3v) is 4.94. The van der Waals surface area contributed by atoms with Gasteiger partial charge in [0.15, 0.2) is 0 Å². The fourth-order valence-electron chi connectivity index (χ4n) is 3.23. The summed E-state index contributed by atoms with van der Waals surface area (Å²) in [5.74, 6) is 0.153. The van der Waals surface area contributed by atoms with Crippen LogP contribution in [-0.2, 0) is 22.7 Å². The second kappa shape index (κ2) is 11.1. The zero-order chi connectivity index (χ0) is 22.1. The molecule has 2 N–H and O–H groups in total. The van der Waals surface area contributed by atoms with Gasteiger partial charge in [0.25, 0.3) is 0 Å². The number of benzene rings is 2. The molecule has 0 saturated heterocycles. The number of nitrogens with one attached hydrogen (secondary N) is 2. The van der Waals surface area contributed by atoms with Crippen LogP contribution in [-0.4, -0.2) is 28.1 Å². The van der Waals surface area contributed by atoms with Crippen molar-refractivity contribution in [2.45, 2.75) is 39.8 Å². The number of rotatable bonds is 10. The third kappa shape index (κ3) is 7.10. The minimum Gasteiger partial charge on any atom is -0.350 e. The van der Waals surface area contributed by atoms with E-state index in [4.69, 9.17) is 5.10 Å². The number of hydrogen-bond acceptors (Lipinski definition) is 3. The Kier molecular flexibility index (Phi) is 7.98. The van der Waals surface area contributed by atoms with Gasteiger partial charge in [-0.3, -0.25) is 14.3 Å². The van der Waals surface area contributed by atoms with Gasteiger partial charge >= 0.3 is 0 Å². The number of amides is 2. The molecule has 31 heavy (non-hydrogen) atoms. The van der Waals surface area contributed by atoms with Crippen LogP contribution in [0.4, 0.5) is 0 Å². The molecule has 0 saturated carbocycles. The maximum atomic E-state index is 12.3. The SMILES string of the molecule is CC(C)CCC(=O)NCC(=O)NCc1cn(Cc2ccccc2)nc1-c1ccccc1. The van der Waals surface area contributed by atoms with E-state index in [1.165, 1.54) is 0 Å². The lowest BCUT2D eigenvalue weighted by Crippen LogP contribution is -2.36. The molecule has 0 aliphatic carbocycles. The summed E-state index contributed by atoms with van der Waals surface area (Å²) in [6.45, 7) is 5.13. The number of carbonyl (C=O) groups excluding carboxylic acids is 2. The van der Waals surface area contributed by atoms with Crippen molar-refractivity contribution in [3.63, 3.8) is 0 Å². The largest absolute Gasteiger partial charge is 0.350 e. The van der Waals surface area contributed by atoms with E-state index in [-0.39, 0.29) is 18.4 Å². The van der Waals surface area contributed by atoms with Gasteiger partial charge in [-0.1, -0.05) is 74.5 Å². The van der Waals surface area contributed by atoms with E-state index in [2.05, 4.69) is 36.6 Å². The summed E-state index contributed by atoms with van der Waals surface area (Å²) in [4.78, 5) is 24.1. The van der Waals surface area contributed by atoms with Crippen molar-refractivity contribution in [3.05, 3.63) is 78.0 Å². The van der Waals surface area contributed by atoms with Crippen LogP contribution in [0.15, 0.2) is 66.9 Å². The van der Waals surface area contributed by atoms with Crippen LogP contribution in [0, 0.1) is 5.92 Å². The maximum Gasteiger partial charge on any atom is 0.239 e. The second-order valence-corrected chi connectivity index (χ2v) is 8.04. The molecule has 162 valence electrons. The monoisotopic (exact) mass is 418 g/mol. The predicted molar refractivity (Wildman–Crippen MR) is 122 cm³/mol. The van der Waals surface area contributed by atoms with Gasteiger partial charge in [-0.15, -0.1) is 0 Å².